The highest BCUT2D eigenvalue weighted by molar-refractivity contribution is 8.06. The van der Waals surface area contributed by atoms with E-state index in [0.717, 1.165) is 5.88 Å². The minimum Gasteiger partial charge on any atom is -0.370 e. The topological polar surface area (TPSA) is 12.0 Å². The van der Waals surface area contributed by atoms with E-state index in [2.05, 4.69) is 17.6 Å². The Bertz CT molecular complexity index is 101. The van der Waals surface area contributed by atoms with Gasteiger partial charge in [0.05, 0.1) is 10.9 Å². The Hall–Kier alpha value is 0.240. The second-order valence-electron chi connectivity index (χ2n) is 1.40. The first-order valence-corrected chi connectivity index (χ1v) is 4.65. The van der Waals surface area contributed by atoms with Crippen LogP contribution in [0.5, 0.6) is 0 Å². The summed E-state index contributed by atoms with van der Waals surface area (Å²) < 4.78 is 0. The second kappa shape index (κ2) is 3.30. The number of nitrogens with one attached hydrogen (secondary N) is 1. The number of thioether (sulfide) groups is 2. The first-order chi connectivity index (χ1) is 3.93. The van der Waals surface area contributed by atoms with Gasteiger partial charge in [-0.3, -0.25) is 0 Å². The van der Waals surface area contributed by atoms with E-state index in [-0.39, 0.29) is 0 Å². The highest BCUT2D eigenvalue weighted by atomic mass is 32.2. The fourth-order valence-electron chi connectivity index (χ4n) is 0.512. The summed E-state index contributed by atoms with van der Waals surface area (Å²) >= 11 is 3.70. The monoisotopic (exact) mass is 147 g/mol. The summed E-state index contributed by atoms with van der Waals surface area (Å²) in [6, 6.07) is 0. The molecule has 0 radical (unpaired) electrons. The van der Waals surface area contributed by atoms with Crippen LogP contribution < -0.4 is 5.32 Å². The fourth-order valence-corrected chi connectivity index (χ4v) is 2.12. The van der Waals surface area contributed by atoms with Crippen molar-refractivity contribution < 1.29 is 0 Å². The van der Waals surface area contributed by atoms with E-state index < -0.39 is 0 Å². The van der Waals surface area contributed by atoms with Crippen LogP contribution in [-0.2, 0) is 0 Å². The first-order valence-electron chi connectivity index (χ1n) is 2.62. The minimum absolute atomic E-state index is 1.06. The lowest BCUT2D eigenvalue weighted by molar-refractivity contribution is 1.06. The Balaban J connectivity index is 2.23. The molecular formula is C5H9NS2. The summed E-state index contributed by atoms with van der Waals surface area (Å²) in [6.45, 7) is 2.16. The number of rotatable bonds is 2. The van der Waals surface area contributed by atoms with E-state index in [4.69, 9.17) is 0 Å². The average molecular weight is 147 g/mol. The van der Waals surface area contributed by atoms with Crippen LogP contribution >= 0.6 is 23.5 Å². The van der Waals surface area contributed by atoms with E-state index in [0.29, 0.717) is 0 Å². The molecule has 1 aliphatic rings. The van der Waals surface area contributed by atoms with Crippen LogP contribution in [0.3, 0.4) is 0 Å². The van der Waals surface area contributed by atoms with Crippen molar-refractivity contribution in [3.63, 3.8) is 0 Å². The number of hydrogen-bond acceptors (Lipinski definition) is 3. The van der Waals surface area contributed by atoms with Gasteiger partial charge in [0.25, 0.3) is 0 Å². The summed E-state index contributed by atoms with van der Waals surface area (Å²) in [5, 5.41) is 6.75. The third-order valence-electron chi connectivity index (χ3n) is 0.820. The summed E-state index contributed by atoms with van der Waals surface area (Å²) in [6.07, 6.45) is 0. The van der Waals surface area contributed by atoms with Crippen molar-refractivity contribution in [3.8, 4) is 0 Å². The zero-order valence-electron chi connectivity index (χ0n) is 4.81. The zero-order valence-corrected chi connectivity index (χ0v) is 6.44. The predicted octanol–water partition coefficient (Wildman–Crippen LogP) is 1.83. The minimum atomic E-state index is 1.06. The first kappa shape index (κ1) is 6.36. The van der Waals surface area contributed by atoms with Crippen LogP contribution in [0.4, 0.5) is 0 Å². The molecule has 1 nitrogen and oxygen atoms in total. The average Bonchev–Trinajstić information content (AvgIpc) is 2.19. The van der Waals surface area contributed by atoms with Gasteiger partial charge in [0.15, 0.2) is 0 Å². The molecule has 0 amide bonds. The smallest absolute Gasteiger partial charge is 0.0752 e. The Morgan fingerprint density at radius 2 is 2.88 bits per heavy atom. The largest absolute Gasteiger partial charge is 0.370 e. The summed E-state index contributed by atoms with van der Waals surface area (Å²) in [4.78, 5) is 0. The molecule has 1 aliphatic heterocycles. The molecule has 1 rings (SSSR count). The van der Waals surface area contributed by atoms with Gasteiger partial charge >= 0.3 is 0 Å². The molecule has 0 atom stereocenters. The van der Waals surface area contributed by atoms with Gasteiger partial charge in [-0.25, -0.2) is 0 Å². The molecular weight excluding hydrogens is 138 g/mol. The van der Waals surface area contributed by atoms with Crippen molar-refractivity contribution in [2.75, 3.05) is 11.6 Å². The highest BCUT2D eigenvalue weighted by Crippen LogP contribution is 2.21. The van der Waals surface area contributed by atoms with Crippen molar-refractivity contribution in [3.05, 3.63) is 10.4 Å². The van der Waals surface area contributed by atoms with E-state index in [1.807, 2.05) is 23.5 Å². The SMILES string of the molecule is CCSC1=CSCN1. The molecule has 0 aromatic rings. The van der Waals surface area contributed by atoms with Crippen molar-refractivity contribution in [1.29, 1.82) is 0 Å². The second-order valence-corrected chi connectivity index (χ2v) is 3.57. The molecule has 0 saturated carbocycles. The Labute approximate surface area is 58.3 Å². The maximum atomic E-state index is 3.24. The molecule has 0 bridgehead atoms. The van der Waals surface area contributed by atoms with Gasteiger partial charge < -0.3 is 5.32 Å². The van der Waals surface area contributed by atoms with E-state index in [1.54, 1.807) is 0 Å². The lowest BCUT2D eigenvalue weighted by Gasteiger charge is -1.96. The lowest BCUT2D eigenvalue weighted by atomic mass is 11.0. The normalized spacial score (nSPS) is 17.9. The summed E-state index contributed by atoms with van der Waals surface area (Å²) in [7, 11) is 0. The van der Waals surface area contributed by atoms with Gasteiger partial charge in [0.1, 0.15) is 0 Å². The maximum Gasteiger partial charge on any atom is 0.0752 e. The lowest BCUT2D eigenvalue weighted by Crippen LogP contribution is -2.02. The van der Waals surface area contributed by atoms with Gasteiger partial charge in [-0.15, -0.1) is 23.5 Å². The molecule has 0 unspecified atom stereocenters. The Kier molecular flexibility index (Phi) is 2.63. The molecule has 0 spiro atoms. The molecule has 3 heteroatoms. The van der Waals surface area contributed by atoms with Crippen LogP contribution in [0.25, 0.3) is 0 Å². The number of hydrogen-bond donors (Lipinski definition) is 1. The third-order valence-corrected chi connectivity index (χ3v) is 2.54. The maximum absolute atomic E-state index is 3.24. The van der Waals surface area contributed by atoms with Gasteiger partial charge in [-0.1, -0.05) is 6.92 Å². The van der Waals surface area contributed by atoms with Crippen molar-refractivity contribution in [1.82, 2.24) is 5.32 Å². The molecule has 46 valence electrons. The highest BCUT2D eigenvalue weighted by Gasteiger charge is 2.00. The van der Waals surface area contributed by atoms with Crippen LogP contribution in [0, 0.1) is 0 Å². The molecule has 0 aromatic carbocycles. The van der Waals surface area contributed by atoms with Gasteiger partial charge in [-0.2, -0.15) is 0 Å². The zero-order chi connectivity index (χ0) is 5.82. The third kappa shape index (κ3) is 1.63. The van der Waals surface area contributed by atoms with Crippen LogP contribution in [0.1, 0.15) is 6.92 Å². The van der Waals surface area contributed by atoms with Crippen molar-refractivity contribution >= 4 is 23.5 Å². The molecule has 1 heterocycles. The molecule has 0 saturated heterocycles. The molecule has 8 heavy (non-hydrogen) atoms. The molecule has 0 aliphatic carbocycles. The van der Waals surface area contributed by atoms with Crippen LogP contribution in [0.15, 0.2) is 10.4 Å². The summed E-state index contributed by atoms with van der Waals surface area (Å²) in [5.41, 5.74) is 0. The van der Waals surface area contributed by atoms with Crippen molar-refractivity contribution in [2.45, 2.75) is 6.92 Å². The van der Waals surface area contributed by atoms with Gasteiger partial charge in [-0.05, 0) is 5.75 Å². The van der Waals surface area contributed by atoms with Crippen molar-refractivity contribution in [2.24, 2.45) is 0 Å². The van der Waals surface area contributed by atoms with Crippen LogP contribution in [0.2, 0.25) is 0 Å². The van der Waals surface area contributed by atoms with Gasteiger partial charge in [0.2, 0.25) is 0 Å². The summed E-state index contributed by atoms with van der Waals surface area (Å²) in [5.74, 6) is 2.22. The quantitative estimate of drug-likeness (QED) is 0.640. The Morgan fingerprint density at radius 3 is 3.38 bits per heavy atom. The van der Waals surface area contributed by atoms with Crippen LogP contribution in [-0.4, -0.2) is 11.6 Å². The predicted molar refractivity (Wildman–Crippen MR) is 41.8 cm³/mol. The molecule has 1 N–H and O–H groups in total. The molecule has 0 fully saturated rings. The van der Waals surface area contributed by atoms with E-state index in [1.165, 1.54) is 10.8 Å². The van der Waals surface area contributed by atoms with Gasteiger partial charge in [0, 0.05) is 5.41 Å². The standard InChI is InChI=1S/C5H9NS2/c1-2-8-5-3-7-4-6-5/h3,6H,2,4H2,1H3. The molecule has 0 aromatic heterocycles. The fraction of sp³-hybridized carbons (Fsp3) is 0.600. The van der Waals surface area contributed by atoms with E-state index >= 15 is 0 Å². The Morgan fingerprint density at radius 1 is 2.00 bits per heavy atom. The van der Waals surface area contributed by atoms with E-state index in [9.17, 15) is 0 Å².